The number of nitrogens with zero attached hydrogens (tertiary/aromatic N) is 4. The quantitative estimate of drug-likeness (QED) is 0.804. The molecule has 1 aromatic carbocycles. The van der Waals surface area contributed by atoms with Crippen molar-refractivity contribution in [3.63, 3.8) is 0 Å². The van der Waals surface area contributed by atoms with Gasteiger partial charge in [-0.25, -0.2) is 9.97 Å². The van der Waals surface area contributed by atoms with Crippen LogP contribution in [0.3, 0.4) is 0 Å². The molecule has 1 saturated heterocycles. The highest BCUT2D eigenvalue weighted by Gasteiger charge is 2.43. The Hall–Kier alpha value is -2.45. The third-order valence-electron chi connectivity index (χ3n) is 4.57. The Morgan fingerprint density at radius 2 is 2.14 bits per heavy atom. The number of ether oxygens (including phenoxy) is 1. The van der Waals surface area contributed by atoms with Crippen molar-refractivity contribution in [2.24, 2.45) is 0 Å². The smallest absolute Gasteiger partial charge is 0.158 e. The Morgan fingerprint density at radius 3 is 2.95 bits per heavy atom. The van der Waals surface area contributed by atoms with Gasteiger partial charge in [0.1, 0.15) is 17.5 Å². The second-order valence-electron chi connectivity index (χ2n) is 5.79. The van der Waals surface area contributed by atoms with Crippen LogP contribution in [0.15, 0.2) is 36.7 Å². The molecule has 5 heteroatoms. The SMILES string of the molecule is N#Cc1cnc(N2CCOC3(CCc4ccccc43)C2)cn1. The van der Waals surface area contributed by atoms with E-state index >= 15 is 0 Å². The summed E-state index contributed by atoms with van der Waals surface area (Å²) in [6, 6.07) is 10.5. The van der Waals surface area contributed by atoms with Crippen molar-refractivity contribution in [2.45, 2.75) is 18.4 Å². The highest BCUT2D eigenvalue weighted by Crippen LogP contribution is 2.42. The fourth-order valence-corrected chi connectivity index (χ4v) is 3.49. The predicted octanol–water partition coefficient (Wildman–Crippen LogP) is 2.03. The first-order valence-electron chi connectivity index (χ1n) is 7.50. The van der Waals surface area contributed by atoms with Crippen molar-refractivity contribution >= 4 is 5.82 Å². The molecule has 4 rings (SSSR count). The van der Waals surface area contributed by atoms with E-state index in [0.717, 1.165) is 31.7 Å². The molecule has 1 unspecified atom stereocenters. The first-order valence-corrected chi connectivity index (χ1v) is 7.50. The van der Waals surface area contributed by atoms with Gasteiger partial charge >= 0.3 is 0 Å². The van der Waals surface area contributed by atoms with E-state index in [1.807, 2.05) is 6.07 Å². The van der Waals surface area contributed by atoms with Crippen LogP contribution in [-0.4, -0.2) is 29.7 Å². The van der Waals surface area contributed by atoms with Gasteiger partial charge in [-0.15, -0.1) is 0 Å². The fraction of sp³-hybridized carbons (Fsp3) is 0.353. The molecule has 1 aliphatic heterocycles. The normalized spacial score (nSPS) is 23.3. The van der Waals surface area contributed by atoms with Crippen LogP contribution in [0.5, 0.6) is 0 Å². The van der Waals surface area contributed by atoms with E-state index in [1.165, 1.54) is 17.3 Å². The van der Waals surface area contributed by atoms with Crippen LogP contribution in [0, 0.1) is 11.3 Å². The molecule has 2 aromatic rings. The van der Waals surface area contributed by atoms with Crippen molar-refractivity contribution in [1.82, 2.24) is 9.97 Å². The third-order valence-corrected chi connectivity index (χ3v) is 4.57. The molecule has 1 spiro atoms. The Balaban J connectivity index is 1.64. The van der Waals surface area contributed by atoms with Crippen molar-refractivity contribution in [2.75, 3.05) is 24.6 Å². The minimum atomic E-state index is -0.232. The van der Waals surface area contributed by atoms with E-state index in [4.69, 9.17) is 10.00 Å². The number of aryl methyl sites for hydroxylation is 1. The van der Waals surface area contributed by atoms with E-state index in [-0.39, 0.29) is 5.60 Å². The molecule has 1 atom stereocenters. The molecule has 0 amide bonds. The van der Waals surface area contributed by atoms with Crippen LogP contribution < -0.4 is 4.90 Å². The Bertz CT molecular complexity index is 733. The highest BCUT2D eigenvalue weighted by atomic mass is 16.5. The lowest BCUT2D eigenvalue weighted by atomic mass is 9.93. The second-order valence-corrected chi connectivity index (χ2v) is 5.79. The topological polar surface area (TPSA) is 62.0 Å². The lowest BCUT2D eigenvalue weighted by molar-refractivity contribution is -0.0594. The van der Waals surface area contributed by atoms with E-state index in [1.54, 1.807) is 6.20 Å². The molecule has 1 fully saturated rings. The molecule has 0 saturated carbocycles. The Labute approximate surface area is 129 Å². The number of rotatable bonds is 1. The lowest BCUT2D eigenvalue weighted by Gasteiger charge is -2.41. The first kappa shape index (κ1) is 13.2. The predicted molar refractivity (Wildman–Crippen MR) is 81.4 cm³/mol. The molecule has 0 radical (unpaired) electrons. The van der Waals surface area contributed by atoms with Gasteiger partial charge in [0.05, 0.1) is 25.5 Å². The molecule has 110 valence electrons. The largest absolute Gasteiger partial charge is 0.367 e. The highest BCUT2D eigenvalue weighted by molar-refractivity contribution is 5.44. The number of fused-ring (bicyclic) bond motifs is 2. The summed E-state index contributed by atoms with van der Waals surface area (Å²) < 4.78 is 6.21. The van der Waals surface area contributed by atoms with Gasteiger partial charge < -0.3 is 9.64 Å². The summed E-state index contributed by atoms with van der Waals surface area (Å²) in [4.78, 5) is 10.7. The Kier molecular flexibility index (Phi) is 3.05. The Morgan fingerprint density at radius 1 is 1.23 bits per heavy atom. The summed E-state index contributed by atoms with van der Waals surface area (Å²) >= 11 is 0. The fourth-order valence-electron chi connectivity index (χ4n) is 3.49. The molecule has 1 aliphatic carbocycles. The molecule has 1 aromatic heterocycles. The van der Waals surface area contributed by atoms with E-state index in [2.05, 4.69) is 39.1 Å². The van der Waals surface area contributed by atoms with Crippen molar-refractivity contribution < 1.29 is 4.74 Å². The molecule has 0 N–H and O–H groups in total. The number of anilines is 1. The van der Waals surface area contributed by atoms with Crippen LogP contribution in [-0.2, 0) is 16.8 Å². The van der Waals surface area contributed by atoms with Gasteiger partial charge in [0.25, 0.3) is 0 Å². The monoisotopic (exact) mass is 292 g/mol. The summed E-state index contributed by atoms with van der Waals surface area (Å²) in [5.74, 6) is 0.811. The number of nitriles is 1. The molecule has 22 heavy (non-hydrogen) atoms. The van der Waals surface area contributed by atoms with Crippen molar-refractivity contribution in [1.29, 1.82) is 5.26 Å². The van der Waals surface area contributed by atoms with Gasteiger partial charge in [0.2, 0.25) is 0 Å². The van der Waals surface area contributed by atoms with Gasteiger partial charge in [-0.2, -0.15) is 5.26 Å². The second kappa shape index (κ2) is 5.08. The van der Waals surface area contributed by atoms with Gasteiger partial charge in [-0.1, -0.05) is 24.3 Å². The number of hydrogen-bond acceptors (Lipinski definition) is 5. The summed E-state index contributed by atoms with van der Waals surface area (Å²) in [7, 11) is 0. The van der Waals surface area contributed by atoms with Crippen molar-refractivity contribution in [3.05, 3.63) is 53.5 Å². The van der Waals surface area contributed by atoms with Crippen LogP contribution in [0.4, 0.5) is 5.82 Å². The summed E-state index contributed by atoms with van der Waals surface area (Å²) in [6.07, 6.45) is 5.27. The summed E-state index contributed by atoms with van der Waals surface area (Å²) in [6.45, 7) is 2.26. The lowest BCUT2D eigenvalue weighted by Crippen LogP contribution is -2.49. The standard InChI is InChI=1S/C17H16N4O/c18-9-14-10-20-16(11-19-14)21-7-8-22-17(12-21)6-5-13-3-1-2-4-15(13)17/h1-4,10-11H,5-8,12H2. The minimum Gasteiger partial charge on any atom is -0.367 e. The number of hydrogen-bond donors (Lipinski definition) is 0. The van der Waals surface area contributed by atoms with Gasteiger partial charge in [0.15, 0.2) is 5.69 Å². The molecule has 2 aliphatic rings. The van der Waals surface area contributed by atoms with Crippen LogP contribution in [0.25, 0.3) is 0 Å². The molecule has 5 nitrogen and oxygen atoms in total. The zero-order chi connectivity index (χ0) is 15.0. The zero-order valence-corrected chi connectivity index (χ0v) is 12.2. The summed E-state index contributed by atoms with van der Waals surface area (Å²) in [5.41, 5.74) is 2.80. The van der Waals surface area contributed by atoms with Crippen LogP contribution in [0.2, 0.25) is 0 Å². The van der Waals surface area contributed by atoms with E-state index in [0.29, 0.717) is 12.3 Å². The third kappa shape index (κ3) is 2.04. The number of benzene rings is 1. The number of morpholine rings is 1. The van der Waals surface area contributed by atoms with Gasteiger partial charge in [-0.05, 0) is 24.0 Å². The van der Waals surface area contributed by atoms with E-state index in [9.17, 15) is 0 Å². The zero-order valence-electron chi connectivity index (χ0n) is 12.2. The average molecular weight is 292 g/mol. The van der Waals surface area contributed by atoms with E-state index < -0.39 is 0 Å². The van der Waals surface area contributed by atoms with Crippen LogP contribution >= 0.6 is 0 Å². The first-order chi connectivity index (χ1) is 10.8. The maximum absolute atomic E-state index is 8.83. The number of aromatic nitrogens is 2. The van der Waals surface area contributed by atoms with Gasteiger partial charge in [0, 0.05) is 6.54 Å². The minimum absolute atomic E-state index is 0.232. The summed E-state index contributed by atoms with van der Waals surface area (Å²) in [5, 5.41) is 8.83. The molecule has 0 bridgehead atoms. The molecule has 2 heterocycles. The maximum Gasteiger partial charge on any atom is 0.158 e. The van der Waals surface area contributed by atoms with Gasteiger partial charge in [-0.3, -0.25) is 0 Å². The molecular formula is C17H16N4O. The maximum atomic E-state index is 8.83. The molecular weight excluding hydrogens is 276 g/mol. The van der Waals surface area contributed by atoms with Crippen LogP contribution in [0.1, 0.15) is 23.2 Å². The van der Waals surface area contributed by atoms with Crippen molar-refractivity contribution in [3.8, 4) is 6.07 Å². The average Bonchev–Trinajstić information content (AvgIpc) is 2.94.